The SMILES string of the molecule is CCCCC1=NC2(CCCC2)C(=O)N1Cc1ccc(-c2ccccc2S(=O)(=O)Nc2onc(C)c2C)c(CN(C)C(=O)c2cccc(C)c2)c1. The molecule has 2 aliphatic rings. The number of sulfonamides is 1. The molecule has 1 spiro atoms. The van der Waals surface area contributed by atoms with Crippen LogP contribution in [0.4, 0.5) is 5.88 Å². The monoisotopic (exact) mass is 695 g/mol. The molecule has 262 valence electrons. The number of rotatable bonds is 12. The second kappa shape index (κ2) is 14.2. The first-order chi connectivity index (χ1) is 23.9. The molecule has 4 aromatic rings. The molecule has 1 fully saturated rings. The van der Waals surface area contributed by atoms with Gasteiger partial charge in [0.1, 0.15) is 11.4 Å². The molecule has 1 N–H and O–H groups in total. The molecule has 50 heavy (non-hydrogen) atoms. The Morgan fingerprint density at radius 2 is 1.76 bits per heavy atom. The number of aromatic nitrogens is 1. The summed E-state index contributed by atoms with van der Waals surface area (Å²) in [5.41, 5.74) is 4.84. The standard InChI is InChI=1S/C39H45N5O5S/c1-6-7-17-35-40-39(20-10-11-21-39)38(46)44(35)24-29-18-19-32(31(23-29)25-43(5)37(45)30-14-12-13-26(2)22-30)33-15-8-9-16-34(33)50(47,48)42-36-27(3)28(4)41-49-36/h8-9,12-16,18-19,22-23,42H,6-7,10-11,17,20-21,24-25H2,1-5H3. The van der Waals surface area contributed by atoms with Gasteiger partial charge in [-0.2, -0.15) is 0 Å². The lowest BCUT2D eigenvalue weighted by Gasteiger charge is -2.24. The van der Waals surface area contributed by atoms with Crippen molar-refractivity contribution >= 4 is 33.6 Å². The number of hydrogen-bond donors (Lipinski definition) is 1. The molecule has 0 atom stereocenters. The van der Waals surface area contributed by atoms with Gasteiger partial charge < -0.3 is 9.42 Å². The van der Waals surface area contributed by atoms with Crippen LogP contribution in [0.15, 0.2) is 81.1 Å². The van der Waals surface area contributed by atoms with Crippen molar-refractivity contribution in [2.75, 3.05) is 11.8 Å². The average Bonchev–Trinajstić information content (AvgIpc) is 3.78. The van der Waals surface area contributed by atoms with Gasteiger partial charge in [0.2, 0.25) is 5.88 Å². The largest absolute Gasteiger partial charge is 0.337 e. The molecule has 0 unspecified atom stereocenters. The number of amides is 2. The van der Waals surface area contributed by atoms with Crippen molar-refractivity contribution < 1.29 is 22.5 Å². The van der Waals surface area contributed by atoms with E-state index in [0.717, 1.165) is 67.5 Å². The number of nitrogens with one attached hydrogen (secondary N) is 1. The Kier molecular flexibility index (Phi) is 9.98. The van der Waals surface area contributed by atoms with Crippen LogP contribution >= 0.6 is 0 Å². The third-order valence-corrected chi connectivity index (χ3v) is 11.3. The minimum absolute atomic E-state index is 0.0574. The highest BCUT2D eigenvalue weighted by molar-refractivity contribution is 7.92. The Labute approximate surface area is 294 Å². The van der Waals surface area contributed by atoms with Gasteiger partial charge in [-0.25, -0.2) is 13.1 Å². The highest BCUT2D eigenvalue weighted by Gasteiger charge is 2.49. The van der Waals surface area contributed by atoms with Crippen LogP contribution in [-0.4, -0.2) is 53.6 Å². The lowest BCUT2D eigenvalue weighted by Crippen LogP contribution is -2.40. The molecule has 1 aromatic heterocycles. The van der Waals surface area contributed by atoms with E-state index in [2.05, 4.69) is 16.8 Å². The lowest BCUT2D eigenvalue weighted by molar-refractivity contribution is -0.131. The third kappa shape index (κ3) is 6.96. The first-order valence-electron chi connectivity index (χ1n) is 17.3. The summed E-state index contributed by atoms with van der Waals surface area (Å²) in [5, 5.41) is 3.89. The van der Waals surface area contributed by atoms with E-state index in [-0.39, 0.29) is 29.1 Å². The molecule has 3 aromatic carbocycles. The van der Waals surface area contributed by atoms with Crippen LogP contribution in [0.2, 0.25) is 0 Å². The number of aliphatic imine (C=N–C) groups is 1. The summed E-state index contributed by atoms with van der Waals surface area (Å²) in [6.45, 7) is 8.11. The van der Waals surface area contributed by atoms with Crippen LogP contribution in [0.3, 0.4) is 0 Å². The van der Waals surface area contributed by atoms with E-state index in [0.29, 0.717) is 34.5 Å². The van der Waals surface area contributed by atoms with Gasteiger partial charge in [0.15, 0.2) is 0 Å². The molecule has 10 nitrogen and oxygen atoms in total. The van der Waals surface area contributed by atoms with Crippen molar-refractivity contribution in [3.63, 3.8) is 0 Å². The Bertz CT molecular complexity index is 2060. The molecule has 0 saturated heterocycles. The van der Waals surface area contributed by atoms with Gasteiger partial charge >= 0.3 is 0 Å². The molecule has 6 rings (SSSR count). The van der Waals surface area contributed by atoms with E-state index in [9.17, 15) is 18.0 Å². The van der Waals surface area contributed by atoms with E-state index >= 15 is 0 Å². The van der Waals surface area contributed by atoms with Gasteiger partial charge in [-0.15, -0.1) is 0 Å². The normalized spacial score (nSPS) is 15.5. The number of amidine groups is 1. The second-order valence-corrected chi connectivity index (χ2v) is 15.3. The maximum absolute atomic E-state index is 13.9. The maximum Gasteiger partial charge on any atom is 0.264 e. The van der Waals surface area contributed by atoms with Crippen LogP contribution in [0, 0.1) is 20.8 Å². The smallest absolute Gasteiger partial charge is 0.264 e. The van der Waals surface area contributed by atoms with Gasteiger partial charge in [0.05, 0.1) is 17.1 Å². The van der Waals surface area contributed by atoms with E-state index in [1.807, 2.05) is 48.2 Å². The minimum atomic E-state index is -4.11. The van der Waals surface area contributed by atoms with Crippen molar-refractivity contribution in [1.29, 1.82) is 0 Å². The number of carbonyl (C=O) groups excluding carboxylic acids is 2. The fourth-order valence-electron chi connectivity index (χ4n) is 6.96. The van der Waals surface area contributed by atoms with Crippen molar-refractivity contribution in [2.45, 2.75) is 96.2 Å². The Morgan fingerprint density at radius 1 is 1.00 bits per heavy atom. The highest BCUT2D eigenvalue weighted by Crippen LogP contribution is 2.40. The van der Waals surface area contributed by atoms with Crippen LogP contribution in [0.5, 0.6) is 0 Å². The number of carbonyl (C=O) groups is 2. The highest BCUT2D eigenvalue weighted by atomic mass is 32.2. The van der Waals surface area contributed by atoms with E-state index in [1.165, 1.54) is 0 Å². The van der Waals surface area contributed by atoms with Crippen molar-refractivity contribution in [3.8, 4) is 11.1 Å². The Morgan fingerprint density at radius 3 is 2.46 bits per heavy atom. The van der Waals surface area contributed by atoms with Crippen molar-refractivity contribution in [1.82, 2.24) is 15.0 Å². The number of hydrogen-bond acceptors (Lipinski definition) is 7. The zero-order valence-electron chi connectivity index (χ0n) is 29.5. The maximum atomic E-state index is 13.9. The first kappa shape index (κ1) is 35.1. The lowest BCUT2D eigenvalue weighted by atomic mass is 9.95. The first-order valence-corrected chi connectivity index (χ1v) is 18.8. The number of benzene rings is 3. The van der Waals surface area contributed by atoms with Crippen LogP contribution in [0.25, 0.3) is 11.1 Å². The van der Waals surface area contributed by atoms with Crippen LogP contribution in [-0.2, 0) is 27.9 Å². The quantitative estimate of drug-likeness (QED) is 0.163. The molecule has 1 saturated carbocycles. The number of unbranched alkanes of at least 4 members (excludes halogenated alkanes) is 1. The summed E-state index contributed by atoms with van der Waals surface area (Å²) in [4.78, 5) is 36.2. The molecule has 1 aliphatic carbocycles. The van der Waals surface area contributed by atoms with Crippen molar-refractivity contribution in [2.24, 2.45) is 4.99 Å². The zero-order valence-corrected chi connectivity index (χ0v) is 30.3. The fourth-order valence-corrected chi connectivity index (χ4v) is 8.23. The van der Waals surface area contributed by atoms with Gasteiger partial charge in [-0.05, 0) is 74.9 Å². The summed E-state index contributed by atoms with van der Waals surface area (Å²) in [5.74, 6) is 0.818. The summed E-state index contributed by atoms with van der Waals surface area (Å²) < 4.78 is 35.6. The molecular weight excluding hydrogens is 651 g/mol. The molecule has 1 aliphatic heterocycles. The summed E-state index contributed by atoms with van der Waals surface area (Å²) in [7, 11) is -2.37. The van der Waals surface area contributed by atoms with Crippen LogP contribution < -0.4 is 4.72 Å². The molecule has 0 radical (unpaired) electrons. The molecule has 2 amide bonds. The number of anilines is 1. The average molecular weight is 696 g/mol. The van der Waals surface area contributed by atoms with Gasteiger partial charge in [0.25, 0.3) is 21.8 Å². The summed E-state index contributed by atoms with van der Waals surface area (Å²) in [6.07, 6.45) is 6.24. The topological polar surface area (TPSA) is 125 Å². The van der Waals surface area contributed by atoms with Gasteiger partial charge in [0, 0.05) is 36.7 Å². The van der Waals surface area contributed by atoms with E-state index in [1.54, 1.807) is 56.1 Å². The predicted molar refractivity (Wildman–Crippen MR) is 194 cm³/mol. The Balaban J connectivity index is 1.39. The Hall–Kier alpha value is -4.77. The predicted octanol–water partition coefficient (Wildman–Crippen LogP) is 7.58. The van der Waals surface area contributed by atoms with Crippen LogP contribution in [0.1, 0.15) is 90.2 Å². The molecule has 2 heterocycles. The minimum Gasteiger partial charge on any atom is -0.337 e. The molecule has 0 bridgehead atoms. The summed E-state index contributed by atoms with van der Waals surface area (Å²) in [6, 6.07) is 20.0. The molecule has 11 heteroatoms. The number of aryl methyl sites for hydroxylation is 2. The number of nitrogens with zero attached hydrogens (tertiary/aromatic N) is 4. The van der Waals surface area contributed by atoms with E-state index < -0.39 is 15.6 Å². The van der Waals surface area contributed by atoms with Gasteiger partial charge in [-0.3, -0.25) is 19.5 Å². The van der Waals surface area contributed by atoms with Crippen molar-refractivity contribution in [3.05, 3.63) is 100 Å². The summed E-state index contributed by atoms with van der Waals surface area (Å²) >= 11 is 0. The van der Waals surface area contributed by atoms with E-state index in [4.69, 9.17) is 9.52 Å². The second-order valence-electron chi connectivity index (χ2n) is 13.6. The third-order valence-electron chi connectivity index (χ3n) is 9.86. The fraction of sp³-hybridized carbons (Fsp3) is 0.385. The van der Waals surface area contributed by atoms with Gasteiger partial charge in [-0.1, -0.05) is 85.4 Å². The zero-order chi connectivity index (χ0) is 35.6. The molecular formula is C39H45N5O5S.